The molecule has 2 aromatic carbocycles. The number of para-hydroxylation sites is 1. The van der Waals surface area contributed by atoms with E-state index in [1.165, 1.54) is 18.2 Å². The van der Waals surface area contributed by atoms with Gasteiger partial charge in [-0.1, -0.05) is 18.2 Å². The van der Waals surface area contributed by atoms with E-state index >= 15 is 0 Å². The van der Waals surface area contributed by atoms with Crippen molar-refractivity contribution in [2.24, 2.45) is 0 Å². The third kappa shape index (κ3) is 5.09. The van der Waals surface area contributed by atoms with Gasteiger partial charge in [-0.15, -0.1) is 0 Å². The third-order valence-electron chi connectivity index (χ3n) is 4.04. The van der Waals surface area contributed by atoms with Gasteiger partial charge < -0.3 is 15.2 Å². The maximum atomic E-state index is 13.7. The summed E-state index contributed by atoms with van der Waals surface area (Å²) in [4.78, 5) is 48.1. The first-order chi connectivity index (χ1) is 15.2. The third-order valence-corrected chi connectivity index (χ3v) is 4.95. The van der Waals surface area contributed by atoms with Crippen LogP contribution in [0.1, 0.15) is 5.56 Å². The van der Waals surface area contributed by atoms with E-state index in [0.29, 0.717) is 28.3 Å². The van der Waals surface area contributed by atoms with Gasteiger partial charge in [-0.3, -0.25) is 19.3 Å². The number of aliphatic carboxylic acids is 1. The van der Waals surface area contributed by atoms with E-state index < -0.39 is 59.3 Å². The Labute approximate surface area is 182 Å². The number of hydrogen-bond acceptors (Lipinski definition) is 6. The maximum absolute atomic E-state index is 13.7. The largest absolute Gasteiger partial charge is 0.481 e. The van der Waals surface area contributed by atoms with Gasteiger partial charge in [-0.25, -0.2) is 18.0 Å². The smallest absolute Gasteiger partial charge is 0.341 e. The highest BCUT2D eigenvalue weighted by molar-refractivity contribution is 8.18. The van der Waals surface area contributed by atoms with Gasteiger partial charge in [0.2, 0.25) is 5.91 Å². The van der Waals surface area contributed by atoms with Crippen molar-refractivity contribution in [2.45, 2.75) is 0 Å². The molecule has 0 bridgehead atoms. The molecule has 0 atom stereocenters. The number of thioether (sulfide) groups is 1. The monoisotopic (exact) mass is 466 g/mol. The number of ether oxygens (including phenoxy) is 1. The Balaban J connectivity index is 1.73. The van der Waals surface area contributed by atoms with Crippen molar-refractivity contribution < 1.29 is 42.2 Å². The molecule has 166 valence electrons. The fourth-order valence-electron chi connectivity index (χ4n) is 2.60. The molecule has 2 aromatic rings. The van der Waals surface area contributed by atoms with Crippen molar-refractivity contribution in [3.8, 4) is 5.75 Å². The Morgan fingerprint density at radius 1 is 1.09 bits per heavy atom. The molecule has 1 saturated heterocycles. The minimum atomic E-state index is -1.78. The predicted octanol–water partition coefficient (Wildman–Crippen LogP) is 3.24. The molecule has 1 aliphatic heterocycles. The number of nitrogens with zero attached hydrogens (tertiary/aromatic N) is 1. The van der Waals surface area contributed by atoms with E-state index in [1.54, 1.807) is 12.1 Å². The molecule has 12 heteroatoms. The predicted molar refractivity (Wildman–Crippen MR) is 107 cm³/mol. The van der Waals surface area contributed by atoms with Crippen LogP contribution < -0.4 is 10.1 Å². The molecular weight excluding hydrogens is 453 g/mol. The summed E-state index contributed by atoms with van der Waals surface area (Å²) in [6.45, 7) is -1.41. The fraction of sp³-hybridized carbons (Fsp3) is 0.100. The summed E-state index contributed by atoms with van der Waals surface area (Å²) < 4.78 is 45.1. The first kappa shape index (κ1) is 22.9. The second-order valence-electron chi connectivity index (χ2n) is 6.26. The average molecular weight is 466 g/mol. The number of halogens is 3. The van der Waals surface area contributed by atoms with Crippen molar-refractivity contribution in [1.29, 1.82) is 0 Å². The highest BCUT2D eigenvalue weighted by atomic mass is 32.2. The minimum absolute atomic E-state index is 0.0619. The van der Waals surface area contributed by atoms with E-state index in [2.05, 4.69) is 0 Å². The minimum Gasteiger partial charge on any atom is -0.481 e. The van der Waals surface area contributed by atoms with Crippen LogP contribution in [0.15, 0.2) is 41.3 Å². The lowest BCUT2D eigenvalue weighted by molar-refractivity contribution is -0.139. The highest BCUT2D eigenvalue weighted by Gasteiger charge is 2.36. The Bertz CT molecular complexity index is 1150. The van der Waals surface area contributed by atoms with Crippen LogP contribution in [0.25, 0.3) is 6.08 Å². The average Bonchev–Trinajstić information content (AvgIpc) is 3.01. The lowest BCUT2D eigenvalue weighted by Crippen LogP contribution is -2.36. The van der Waals surface area contributed by atoms with Gasteiger partial charge in [-0.2, -0.15) is 0 Å². The number of amides is 3. The van der Waals surface area contributed by atoms with Crippen molar-refractivity contribution >= 4 is 46.5 Å². The van der Waals surface area contributed by atoms with Gasteiger partial charge in [0.25, 0.3) is 11.1 Å². The van der Waals surface area contributed by atoms with Gasteiger partial charge in [0, 0.05) is 5.56 Å². The molecule has 3 rings (SSSR count). The number of carboxylic acids is 1. The first-order valence-electron chi connectivity index (χ1n) is 8.79. The lowest BCUT2D eigenvalue weighted by atomic mass is 10.2. The van der Waals surface area contributed by atoms with E-state index in [-0.39, 0.29) is 10.7 Å². The van der Waals surface area contributed by atoms with E-state index in [1.807, 2.05) is 5.32 Å². The topological polar surface area (TPSA) is 113 Å². The molecule has 0 radical (unpaired) electrons. The molecule has 2 N–H and O–H groups in total. The summed E-state index contributed by atoms with van der Waals surface area (Å²) in [5, 5.41) is 9.94. The van der Waals surface area contributed by atoms with Crippen LogP contribution >= 0.6 is 11.8 Å². The highest BCUT2D eigenvalue weighted by Crippen LogP contribution is 2.34. The SMILES string of the molecule is O=C(O)COc1ccccc1/C=C1/SC(=O)N(CC(=O)Nc2ccc(F)c(F)c2F)C1=O. The van der Waals surface area contributed by atoms with Gasteiger partial charge in [0.05, 0.1) is 10.6 Å². The van der Waals surface area contributed by atoms with Crippen LogP contribution in [0.2, 0.25) is 0 Å². The second kappa shape index (κ2) is 9.56. The Hall–Kier alpha value is -3.80. The Kier molecular flexibility index (Phi) is 6.83. The second-order valence-corrected chi connectivity index (χ2v) is 7.25. The number of hydrogen-bond donors (Lipinski definition) is 2. The van der Waals surface area contributed by atoms with Crippen molar-refractivity contribution in [3.05, 3.63) is 64.3 Å². The van der Waals surface area contributed by atoms with Crippen LogP contribution in [-0.2, 0) is 14.4 Å². The van der Waals surface area contributed by atoms with E-state index in [4.69, 9.17) is 9.84 Å². The zero-order valence-corrected chi connectivity index (χ0v) is 16.7. The van der Waals surface area contributed by atoms with Crippen LogP contribution in [0, 0.1) is 17.5 Å². The molecule has 3 amide bonds. The van der Waals surface area contributed by atoms with Gasteiger partial charge in [0.15, 0.2) is 24.1 Å². The molecule has 0 unspecified atom stereocenters. The van der Waals surface area contributed by atoms with Gasteiger partial charge in [-0.05, 0) is 36.0 Å². The standard InChI is InChI=1S/C20H13F3N2O6S/c21-11-5-6-12(18(23)17(11)22)24-15(26)8-25-19(29)14(32-20(25)30)7-10-3-1-2-4-13(10)31-9-16(27)28/h1-7H,8-9H2,(H,24,26)(H,27,28)/b14-7+. The number of carbonyl (C=O) groups is 4. The Morgan fingerprint density at radius 3 is 2.53 bits per heavy atom. The molecular formula is C20H13F3N2O6S. The zero-order chi connectivity index (χ0) is 23.4. The van der Waals surface area contributed by atoms with Gasteiger partial charge >= 0.3 is 5.97 Å². The summed E-state index contributed by atoms with van der Waals surface area (Å²) in [6.07, 6.45) is 1.30. The first-order valence-corrected chi connectivity index (χ1v) is 9.61. The molecule has 32 heavy (non-hydrogen) atoms. The number of carboxylic acid groups (broad SMARTS) is 1. The number of rotatable bonds is 7. The molecule has 0 aliphatic carbocycles. The number of nitrogens with one attached hydrogen (secondary N) is 1. The van der Waals surface area contributed by atoms with Crippen molar-refractivity contribution in [3.63, 3.8) is 0 Å². The molecule has 0 aromatic heterocycles. The van der Waals surface area contributed by atoms with E-state index in [0.717, 1.165) is 6.07 Å². The van der Waals surface area contributed by atoms with Crippen LogP contribution in [0.3, 0.4) is 0 Å². The normalized spacial score (nSPS) is 14.7. The summed E-state index contributed by atoms with van der Waals surface area (Å²) in [5.74, 6) is -7.72. The molecule has 1 heterocycles. The Morgan fingerprint density at radius 2 is 1.81 bits per heavy atom. The quantitative estimate of drug-likeness (QED) is 0.476. The molecule has 8 nitrogen and oxygen atoms in total. The number of imide groups is 1. The summed E-state index contributed by atoms with van der Waals surface area (Å²) in [5.41, 5.74) is -0.325. The molecule has 1 aliphatic rings. The zero-order valence-electron chi connectivity index (χ0n) is 15.9. The number of benzene rings is 2. The van der Waals surface area contributed by atoms with Gasteiger partial charge in [0.1, 0.15) is 12.3 Å². The number of anilines is 1. The maximum Gasteiger partial charge on any atom is 0.341 e. The lowest BCUT2D eigenvalue weighted by Gasteiger charge is -2.13. The summed E-state index contributed by atoms with van der Waals surface area (Å²) >= 11 is 0.529. The summed E-state index contributed by atoms with van der Waals surface area (Å²) in [6, 6.07) is 7.61. The fourth-order valence-corrected chi connectivity index (χ4v) is 3.43. The van der Waals surface area contributed by atoms with Crippen molar-refractivity contribution in [1.82, 2.24) is 4.90 Å². The molecule has 1 fully saturated rings. The number of carbonyl (C=O) groups excluding carboxylic acids is 3. The van der Waals surface area contributed by atoms with E-state index in [9.17, 15) is 32.3 Å². The van der Waals surface area contributed by atoms with Crippen molar-refractivity contribution in [2.75, 3.05) is 18.5 Å². The van der Waals surface area contributed by atoms with Crippen LogP contribution in [-0.4, -0.2) is 46.2 Å². The molecule has 0 spiro atoms. The summed E-state index contributed by atoms with van der Waals surface area (Å²) in [7, 11) is 0. The van der Waals surface area contributed by atoms with Crippen LogP contribution in [0.4, 0.5) is 23.7 Å². The molecule has 0 saturated carbocycles. The van der Waals surface area contributed by atoms with Crippen LogP contribution in [0.5, 0.6) is 5.75 Å².